The van der Waals surface area contributed by atoms with Crippen LogP contribution in [0.15, 0.2) is 12.7 Å². The standard InChI is InChI=1S/C6H12O3S.Na.H/c1-3-5-9-10(7,8)6-4-2;;/h3H,1,4-6H2,2H3;;. The summed E-state index contributed by atoms with van der Waals surface area (Å²) in [4.78, 5) is 0. The van der Waals surface area contributed by atoms with E-state index in [0.29, 0.717) is 6.42 Å². The van der Waals surface area contributed by atoms with Gasteiger partial charge in [-0.15, -0.1) is 6.58 Å². The molecule has 0 N–H and O–H groups in total. The molecule has 0 rings (SSSR count). The fourth-order valence-electron chi connectivity index (χ4n) is 0.461. The van der Waals surface area contributed by atoms with Gasteiger partial charge in [-0.25, -0.2) is 0 Å². The van der Waals surface area contributed by atoms with Gasteiger partial charge in [0, 0.05) is 0 Å². The minimum atomic E-state index is -3.27. The van der Waals surface area contributed by atoms with E-state index in [4.69, 9.17) is 0 Å². The maximum atomic E-state index is 10.7. The number of hydrogen-bond donors (Lipinski definition) is 0. The molecule has 0 saturated heterocycles. The third kappa shape index (κ3) is 8.56. The Morgan fingerprint density at radius 2 is 2.09 bits per heavy atom. The van der Waals surface area contributed by atoms with E-state index in [9.17, 15) is 8.42 Å². The van der Waals surface area contributed by atoms with Gasteiger partial charge in [0.2, 0.25) is 0 Å². The van der Waals surface area contributed by atoms with Crippen molar-refractivity contribution in [2.45, 2.75) is 13.3 Å². The van der Waals surface area contributed by atoms with Gasteiger partial charge in [-0.2, -0.15) is 8.42 Å². The minimum absolute atomic E-state index is 0. The Hall–Kier alpha value is 0.650. The molecule has 0 fully saturated rings. The van der Waals surface area contributed by atoms with Crippen molar-refractivity contribution >= 4 is 39.7 Å². The topological polar surface area (TPSA) is 43.4 Å². The second kappa shape index (κ2) is 7.31. The van der Waals surface area contributed by atoms with Crippen LogP contribution in [0, 0.1) is 0 Å². The molecule has 0 aromatic carbocycles. The van der Waals surface area contributed by atoms with E-state index in [1.54, 1.807) is 6.92 Å². The van der Waals surface area contributed by atoms with Crippen LogP contribution in [-0.4, -0.2) is 50.3 Å². The number of rotatable bonds is 5. The Labute approximate surface area is 90.2 Å². The van der Waals surface area contributed by atoms with Crippen molar-refractivity contribution in [2.75, 3.05) is 12.4 Å². The summed E-state index contributed by atoms with van der Waals surface area (Å²) in [6.07, 6.45) is 1.99. The Morgan fingerprint density at radius 1 is 1.55 bits per heavy atom. The summed E-state index contributed by atoms with van der Waals surface area (Å²) in [5, 5.41) is 0. The Morgan fingerprint density at radius 3 is 2.45 bits per heavy atom. The van der Waals surface area contributed by atoms with Gasteiger partial charge in [-0.05, 0) is 6.42 Å². The molecule has 0 saturated carbocycles. The Bertz CT molecular complexity index is 186. The molecule has 5 heteroatoms. The molecule has 62 valence electrons. The summed E-state index contributed by atoms with van der Waals surface area (Å²) in [7, 11) is -3.27. The van der Waals surface area contributed by atoms with Crippen molar-refractivity contribution in [1.29, 1.82) is 0 Å². The van der Waals surface area contributed by atoms with Crippen molar-refractivity contribution in [3.05, 3.63) is 12.7 Å². The summed E-state index contributed by atoms with van der Waals surface area (Å²) in [6, 6.07) is 0. The predicted molar refractivity (Wildman–Crippen MR) is 47.4 cm³/mol. The zero-order chi connectivity index (χ0) is 8.04. The van der Waals surface area contributed by atoms with Crippen LogP contribution in [-0.2, 0) is 14.3 Å². The van der Waals surface area contributed by atoms with Gasteiger partial charge in [0.05, 0.1) is 12.4 Å². The molecule has 0 aliphatic carbocycles. The Balaban J connectivity index is 0. The zero-order valence-electron chi connectivity index (χ0n) is 6.04. The van der Waals surface area contributed by atoms with Gasteiger partial charge in [0.1, 0.15) is 0 Å². The molecule has 0 aromatic rings. The van der Waals surface area contributed by atoms with Gasteiger partial charge in [0.25, 0.3) is 10.1 Å². The van der Waals surface area contributed by atoms with E-state index in [-0.39, 0.29) is 41.9 Å². The first kappa shape index (κ1) is 14.2. The first-order valence-electron chi connectivity index (χ1n) is 3.10. The second-order valence-corrected chi connectivity index (χ2v) is 3.59. The molecule has 0 aliphatic heterocycles. The van der Waals surface area contributed by atoms with Crippen LogP contribution in [0.3, 0.4) is 0 Å². The summed E-state index contributed by atoms with van der Waals surface area (Å²) < 4.78 is 25.9. The van der Waals surface area contributed by atoms with Crippen molar-refractivity contribution in [2.24, 2.45) is 0 Å². The van der Waals surface area contributed by atoms with Gasteiger partial charge in [-0.1, -0.05) is 13.0 Å². The molecule has 0 atom stereocenters. The van der Waals surface area contributed by atoms with E-state index in [0.717, 1.165) is 0 Å². The zero-order valence-corrected chi connectivity index (χ0v) is 6.86. The molecule has 0 radical (unpaired) electrons. The molecule has 11 heavy (non-hydrogen) atoms. The third-order valence-corrected chi connectivity index (χ3v) is 2.22. The van der Waals surface area contributed by atoms with Crippen LogP contribution in [0.25, 0.3) is 0 Å². The molecule has 0 aromatic heterocycles. The van der Waals surface area contributed by atoms with E-state index < -0.39 is 10.1 Å². The quantitative estimate of drug-likeness (QED) is 0.353. The van der Waals surface area contributed by atoms with E-state index in [1.807, 2.05) is 0 Å². The van der Waals surface area contributed by atoms with Gasteiger partial charge in [0.15, 0.2) is 0 Å². The van der Waals surface area contributed by atoms with E-state index in [1.165, 1.54) is 6.08 Å². The maximum absolute atomic E-state index is 10.7. The molecular formula is C6H13NaO3S. The Kier molecular flexibility index (Phi) is 9.43. The number of hydrogen-bond acceptors (Lipinski definition) is 3. The van der Waals surface area contributed by atoms with Crippen molar-refractivity contribution in [3.8, 4) is 0 Å². The fourth-order valence-corrected chi connectivity index (χ4v) is 1.38. The molecule has 0 amide bonds. The van der Waals surface area contributed by atoms with Crippen molar-refractivity contribution < 1.29 is 12.6 Å². The first-order valence-corrected chi connectivity index (χ1v) is 4.68. The fraction of sp³-hybridized carbons (Fsp3) is 0.667. The second-order valence-electron chi connectivity index (χ2n) is 1.83. The average molecular weight is 188 g/mol. The van der Waals surface area contributed by atoms with Crippen LogP contribution in [0.4, 0.5) is 0 Å². The molecule has 0 bridgehead atoms. The van der Waals surface area contributed by atoms with Crippen LogP contribution >= 0.6 is 0 Å². The summed E-state index contributed by atoms with van der Waals surface area (Å²) in [5.41, 5.74) is 0. The van der Waals surface area contributed by atoms with Gasteiger partial charge >= 0.3 is 29.6 Å². The molecule has 0 spiro atoms. The third-order valence-electron chi connectivity index (χ3n) is 0.820. The molecule has 0 heterocycles. The van der Waals surface area contributed by atoms with Gasteiger partial charge in [-0.3, -0.25) is 4.18 Å². The average Bonchev–Trinajstić information content (AvgIpc) is 1.84. The van der Waals surface area contributed by atoms with E-state index in [2.05, 4.69) is 10.8 Å². The summed E-state index contributed by atoms with van der Waals surface area (Å²) >= 11 is 0. The molecule has 0 aliphatic rings. The summed E-state index contributed by atoms with van der Waals surface area (Å²) in [6.45, 7) is 5.19. The van der Waals surface area contributed by atoms with Crippen LogP contribution in [0.2, 0.25) is 0 Å². The van der Waals surface area contributed by atoms with Crippen LogP contribution in [0.1, 0.15) is 13.3 Å². The predicted octanol–water partition coefficient (Wildman–Crippen LogP) is 0.280. The van der Waals surface area contributed by atoms with Crippen LogP contribution < -0.4 is 0 Å². The van der Waals surface area contributed by atoms with Crippen molar-refractivity contribution in [3.63, 3.8) is 0 Å². The molecular weight excluding hydrogens is 175 g/mol. The monoisotopic (exact) mass is 188 g/mol. The SMILES string of the molecule is C=CCOS(=O)(=O)CCC.[NaH]. The summed E-state index contributed by atoms with van der Waals surface area (Å²) in [5.74, 6) is 0.0842. The van der Waals surface area contributed by atoms with Crippen LogP contribution in [0.5, 0.6) is 0 Å². The van der Waals surface area contributed by atoms with Gasteiger partial charge < -0.3 is 0 Å². The normalized spacial score (nSPS) is 10.3. The first-order chi connectivity index (χ1) is 4.62. The molecule has 0 unspecified atom stereocenters. The van der Waals surface area contributed by atoms with Crippen molar-refractivity contribution in [1.82, 2.24) is 0 Å². The van der Waals surface area contributed by atoms with E-state index >= 15 is 0 Å². The molecule has 3 nitrogen and oxygen atoms in total.